The highest BCUT2D eigenvalue weighted by atomic mass is 32.1. The number of hydrogen-bond acceptors (Lipinski definition) is 3. The molecule has 0 aliphatic carbocycles. The number of carbonyl (C=O) groups is 2. The van der Waals surface area contributed by atoms with Crippen molar-refractivity contribution in [3.8, 4) is 0 Å². The molecule has 1 aromatic rings. The first kappa shape index (κ1) is 11.7. The van der Waals surface area contributed by atoms with E-state index in [1.54, 1.807) is 11.3 Å². The van der Waals surface area contributed by atoms with Gasteiger partial charge >= 0.3 is 0 Å². The maximum Gasteiger partial charge on any atom is 0.238 e. The van der Waals surface area contributed by atoms with Crippen molar-refractivity contribution in [3.63, 3.8) is 0 Å². The Labute approximate surface area is 92.7 Å². The van der Waals surface area contributed by atoms with E-state index in [0.29, 0.717) is 6.42 Å². The van der Waals surface area contributed by atoms with Crippen LogP contribution in [0.2, 0.25) is 0 Å². The van der Waals surface area contributed by atoms with E-state index in [2.05, 4.69) is 16.9 Å². The number of carbonyl (C=O) groups excluding carboxylic acids is 2. The third-order valence-corrected chi connectivity index (χ3v) is 2.72. The van der Waals surface area contributed by atoms with Crippen LogP contribution in [0.5, 0.6) is 0 Å². The lowest BCUT2D eigenvalue weighted by molar-refractivity contribution is -0.127. The highest BCUT2D eigenvalue weighted by Crippen LogP contribution is 2.11. The van der Waals surface area contributed by atoms with Crippen molar-refractivity contribution in [2.75, 3.05) is 0 Å². The molecular formula is C10H14N2O2S. The smallest absolute Gasteiger partial charge is 0.238 e. The van der Waals surface area contributed by atoms with Crippen LogP contribution in [0.4, 0.5) is 0 Å². The van der Waals surface area contributed by atoms with Gasteiger partial charge in [0.2, 0.25) is 11.8 Å². The Balaban J connectivity index is 2.09. The van der Waals surface area contributed by atoms with E-state index in [-0.39, 0.29) is 11.8 Å². The van der Waals surface area contributed by atoms with Crippen LogP contribution in [-0.2, 0) is 16.0 Å². The summed E-state index contributed by atoms with van der Waals surface area (Å²) in [5.41, 5.74) is 4.58. The van der Waals surface area contributed by atoms with E-state index in [1.165, 1.54) is 11.8 Å². The highest BCUT2D eigenvalue weighted by molar-refractivity contribution is 7.09. The second-order valence-corrected chi connectivity index (χ2v) is 4.19. The van der Waals surface area contributed by atoms with Crippen LogP contribution in [0.25, 0.3) is 0 Å². The van der Waals surface area contributed by atoms with Gasteiger partial charge in [-0.25, -0.2) is 0 Å². The van der Waals surface area contributed by atoms with Crippen LogP contribution in [0.1, 0.15) is 24.6 Å². The summed E-state index contributed by atoms with van der Waals surface area (Å²) in [7, 11) is 0. The minimum atomic E-state index is -0.262. The SMILES string of the molecule is CC(=O)NNC(=O)CCCc1cccs1. The number of thiophene rings is 1. The van der Waals surface area contributed by atoms with E-state index in [4.69, 9.17) is 0 Å². The summed E-state index contributed by atoms with van der Waals surface area (Å²) in [4.78, 5) is 22.9. The maximum atomic E-state index is 11.2. The van der Waals surface area contributed by atoms with Gasteiger partial charge in [0, 0.05) is 18.2 Å². The van der Waals surface area contributed by atoms with Gasteiger partial charge in [-0.1, -0.05) is 6.07 Å². The summed E-state index contributed by atoms with van der Waals surface area (Å²) in [5.74, 6) is -0.414. The van der Waals surface area contributed by atoms with E-state index >= 15 is 0 Å². The van der Waals surface area contributed by atoms with Gasteiger partial charge in [-0.15, -0.1) is 11.3 Å². The Hall–Kier alpha value is -1.36. The summed E-state index contributed by atoms with van der Waals surface area (Å²) in [6.45, 7) is 1.35. The number of rotatable bonds is 4. The molecule has 0 unspecified atom stereocenters. The standard InChI is InChI=1S/C10H14N2O2S/c1-8(13)11-12-10(14)6-2-4-9-5-3-7-15-9/h3,5,7H,2,4,6H2,1H3,(H,11,13)(H,12,14). The largest absolute Gasteiger partial charge is 0.274 e. The van der Waals surface area contributed by atoms with Gasteiger partial charge < -0.3 is 0 Å². The Bertz CT molecular complexity index is 322. The number of nitrogens with one attached hydrogen (secondary N) is 2. The Morgan fingerprint density at radius 1 is 1.40 bits per heavy atom. The molecule has 1 rings (SSSR count). The number of hydrogen-bond donors (Lipinski definition) is 2. The highest BCUT2D eigenvalue weighted by Gasteiger charge is 2.01. The molecule has 5 heteroatoms. The summed E-state index contributed by atoms with van der Waals surface area (Å²) in [6, 6.07) is 4.05. The predicted molar refractivity (Wildman–Crippen MR) is 59.2 cm³/mol. The predicted octanol–water partition coefficient (Wildman–Crippen LogP) is 1.24. The third-order valence-electron chi connectivity index (χ3n) is 1.79. The number of hydrazine groups is 1. The molecule has 0 saturated heterocycles. The fourth-order valence-electron chi connectivity index (χ4n) is 1.10. The molecule has 0 fully saturated rings. The molecule has 4 nitrogen and oxygen atoms in total. The van der Waals surface area contributed by atoms with Gasteiger partial charge in [0.25, 0.3) is 0 Å². The number of amides is 2. The normalized spacial score (nSPS) is 9.67. The van der Waals surface area contributed by atoms with Crippen LogP contribution in [0.3, 0.4) is 0 Å². The molecular weight excluding hydrogens is 212 g/mol. The average Bonchev–Trinajstić information content (AvgIpc) is 2.67. The fourth-order valence-corrected chi connectivity index (χ4v) is 1.85. The molecule has 1 heterocycles. The van der Waals surface area contributed by atoms with Crippen LogP contribution >= 0.6 is 11.3 Å². The lowest BCUT2D eigenvalue weighted by Gasteiger charge is -2.03. The van der Waals surface area contributed by atoms with Gasteiger partial charge in [0.1, 0.15) is 0 Å². The Morgan fingerprint density at radius 3 is 2.80 bits per heavy atom. The lowest BCUT2D eigenvalue weighted by Crippen LogP contribution is -2.40. The van der Waals surface area contributed by atoms with Crippen molar-refractivity contribution in [3.05, 3.63) is 22.4 Å². The first-order chi connectivity index (χ1) is 7.18. The molecule has 0 radical (unpaired) electrons. The van der Waals surface area contributed by atoms with Gasteiger partial charge in [-0.05, 0) is 24.3 Å². The quantitative estimate of drug-likeness (QED) is 0.759. The monoisotopic (exact) mass is 226 g/mol. The van der Waals surface area contributed by atoms with Gasteiger partial charge in [-0.3, -0.25) is 20.4 Å². The van der Waals surface area contributed by atoms with Crippen molar-refractivity contribution in [1.82, 2.24) is 10.9 Å². The van der Waals surface area contributed by atoms with Crippen molar-refractivity contribution >= 4 is 23.2 Å². The average molecular weight is 226 g/mol. The molecule has 0 spiro atoms. The van der Waals surface area contributed by atoms with Crippen LogP contribution in [-0.4, -0.2) is 11.8 Å². The van der Waals surface area contributed by atoms with E-state index in [9.17, 15) is 9.59 Å². The molecule has 2 amide bonds. The second-order valence-electron chi connectivity index (χ2n) is 3.16. The minimum absolute atomic E-state index is 0.151. The zero-order chi connectivity index (χ0) is 11.1. The molecule has 1 aromatic heterocycles. The zero-order valence-electron chi connectivity index (χ0n) is 8.58. The van der Waals surface area contributed by atoms with Gasteiger partial charge in [0.15, 0.2) is 0 Å². The maximum absolute atomic E-state index is 11.2. The van der Waals surface area contributed by atoms with Crippen LogP contribution in [0, 0.1) is 0 Å². The first-order valence-electron chi connectivity index (χ1n) is 4.76. The minimum Gasteiger partial charge on any atom is -0.274 e. The van der Waals surface area contributed by atoms with E-state index in [0.717, 1.165) is 12.8 Å². The first-order valence-corrected chi connectivity index (χ1v) is 5.64. The van der Waals surface area contributed by atoms with Crippen LogP contribution in [0.15, 0.2) is 17.5 Å². The van der Waals surface area contributed by atoms with E-state index in [1.807, 2.05) is 11.4 Å². The Morgan fingerprint density at radius 2 is 2.20 bits per heavy atom. The molecule has 15 heavy (non-hydrogen) atoms. The number of aryl methyl sites for hydroxylation is 1. The summed E-state index contributed by atoms with van der Waals surface area (Å²) >= 11 is 1.69. The molecule has 0 aromatic carbocycles. The van der Waals surface area contributed by atoms with E-state index < -0.39 is 0 Å². The molecule has 0 bridgehead atoms. The van der Waals surface area contributed by atoms with Crippen molar-refractivity contribution < 1.29 is 9.59 Å². The summed E-state index contributed by atoms with van der Waals surface area (Å²) < 4.78 is 0. The molecule has 0 aliphatic rings. The molecule has 0 atom stereocenters. The summed E-state index contributed by atoms with van der Waals surface area (Å²) in [5, 5.41) is 2.02. The lowest BCUT2D eigenvalue weighted by atomic mass is 10.2. The van der Waals surface area contributed by atoms with Crippen molar-refractivity contribution in [1.29, 1.82) is 0 Å². The Kier molecular flexibility index (Phi) is 4.83. The summed E-state index contributed by atoms with van der Waals surface area (Å²) in [6.07, 6.45) is 2.13. The van der Waals surface area contributed by atoms with Gasteiger partial charge in [-0.2, -0.15) is 0 Å². The third kappa shape index (κ3) is 5.17. The van der Waals surface area contributed by atoms with Gasteiger partial charge in [0.05, 0.1) is 0 Å². The van der Waals surface area contributed by atoms with Crippen molar-refractivity contribution in [2.24, 2.45) is 0 Å². The zero-order valence-corrected chi connectivity index (χ0v) is 9.39. The topological polar surface area (TPSA) is 58.2 Å². The molecule has 2 N–H and O–H groups in total. The fraction of sp³-hybridized carbons (Fsp3) is 0.400. The molecule has 0 saturated carbocycles. The van der Waals surface area contributed by atoms with Crippen molar-refractivity contribution in [2.45, 2.75) is 26.2 Å². The van der Waals surface area contributed by atoms with Crippen LogP contribution < -0.4 is 10.9 Å². The molecule has 0 aliphatic heterocycles. The second kappa shape index (κ2) is 6.19. The molecule has 82 valence electrons.